The Hall–Kier alpha value is -4.73. The van der Waals surface area contributed by atoms with Gasteiger partial charge in [-0.1, -0.05) is 38.1 Å². The van der Waals surface area contributed by atoms with Gasteiger partial charge in [0.2, 0.25) is 33.5 Å². The highest BCUT2D eigenvalue weighted by molar-refractivity contribution is 7.91. The zero-order valence-electron chi connectivity index (χ0n) is 32.2. The number of nitrogens with zero attached hydrogens (tertiary/aromatic N) is 4. The number of hydrogen-bond donors (Lipinski definition) is 3. The zero-order valence-corrected chi connectivity index (χ0v) is 33.0. The van der Waals surface area contributed by atoms with Gasteiger partial charge in [0.1, 0.15) is 29.3 Å². The van der Waals surface area contributed by atoms with E-state index in [0.29, 0.717) is 36.8 Å². The van der Waals surface area contributed by atoms with E-state index in [2.05, 4.69) is 32.2 Å². The molecule has 55 heavy (non-hydrogen) atoms. The normalized spacial score (nSPS) is 30.3. The maximum Gasteiger partial charge on any atom is 0.408 e. The Bertz CT molecular complexity index is 2160. The van der Waals surface area contributed by atoms with Crippen LogP contribution in [0.1, 0.15) is 86.5 Å². The van der Waals surface area contributed by atoms with Crippen LogP contribution in [-0.4, -0.2) is 92.1 Å². The molecule has 4 aliphatic rings. The Kier molecular flexibility index (Phi) is 9.87. The number of fused-ring (bicyclic) bond motifs is 5. The van der Waals surface area contributed by atoms with Crippen molar-refractivity contribution >= 4 is 50.5 Å². The number of hydrogen-bond acceptors (Lipinski definition) is 10. The summed E-state index contributed by atoms with van der Waals surface area (Å²) in [4.78, 5) is 66.9. The first kappa shape index (κ1) is 38.5. The smallest absolute Gasteiger partial charge is 0.408 e. The largest absolute Gasteiger partial charge is 0.472 e. The topological polar surface area (TPSA) is 190 Å². The van der Waals surface area contributed by atoms with Crippen molar-refractivity contribution in [3.63, 3.8) is 0 Å². The molecule has 7 atom stereocenters. The minimum absolute atomic E-state index is 0.0312. The Morgan fingerprint density at radius 1 is 1.09 bits per heavy atom. The summed E-state index contributed by atoms with van der Waals surface area (Å²) in [6.45, 7) is 10.7. The molecule has 4 heterocycles. The van der Waals surface area contributed by atoms with Crippen LogP contribution in [-0.2, 0) is 29.1 Å². The summed E-state index contributed by atoms with van der Waals surface area (Å²) in [6, 6.07) is 5.35. The molecule has 16 heteroatoms. The maximum atomic E-state index is 14.8. The molecule has 15 nitrogen and oxygen atoms in total. The van der Waals surface area contributed by atoms with Gasteiger partial charge in [-0.2, -0.15) is 4.98 Å². The molecule has 3 fully saturated rings. The highest BCUT2D eigenvalue weighted by Crippen LogP contribution is 2.47. The number of allylic oxidation sites excluding steroid dienone is 1. The van der Waals surface area contributed by atoms with E-state index in [1.165, 1.54) is 4.90 Å². The van der Waals surface area contributed by atoms with Gasteiger partial charge in [-0.15, -0.1) is 0 Å². The monoisotopic (exact) mass is 777 g/mol. The summed E-state index contributed by atoms with van der Waals surface area (Å²) in [5, 5.41) is 6.43. The van der Waals surface area contributed by atoms with Gasteiger partial charge in [-0.3, -0.25) is 23.5 Å². The van der Waals surface area contributed by atoms with E-state index in [1.54, 1.807) is 40.1 Å². The molecule has 0 bridgehead atoms. The fourth-order valence-electron chi connectivity index (χ4n) is 7.86. The van der Waals surface area contributed by atoms with E-state index in [-0.39, 0.29) is 37.1 Å². The molecule has 3 aromatic rings. The summed E-state index contributed by atoms with van der Waals surface area (Å²) >= 11 is 0. The lowest BCUT2D eigenvalue weighted by molar-refractivity contribution is -0.142. The first-order chi connectivity index (χ1) is 25.9. The summed E-state index contributed by atoms with van der Waals surface area (Å²) in [5.41, 5.74) is -1.55. The highest BCUT2D eigenvalue weighted by Gasteiger charge is 2.63. The second-order valence-electron chi connectivity index (χ2n) is 17.1. The summed E-state index contributed by atoms with van der Waals surface area (Å²) < 4.78 is 41.6. The molecule has 2 aliphatic heterocycles. The molecular weight excluding hydrogens is 727 g/mol. The van der Waals surface area contributed by atoms with E-state index in [9.17, 15) is 27.6 Å². The van der Waals surface area contributed by atoms with Crippen molar-refractivity contribution in [1.82, 2.24) is 34.6 Å². The van der Waals surface area contributed by atoms with Crippen LogP contribution in [0, 0.1) is 17.8 Å². The van der Waals surface area contributed by atoms with Crippen LogP contribution < -0.4 is 20.1 Å². The highest BCUT2D eigenvalue weighted by atomic mass is 32.2. The van der Waals surface area contributed by atoms with Crippen LogP contribution in [0.2, 0.25) is 0 Å². The molecule has 1 saturated heterocycles. The number of ether oxygens (including phenoxy) is 2. The predicted molar refractivity (Wildman–Crippen MR) is 203 cm³/mol. The van der Waals surface area contributed by atoms with Crippen molar-refractivity contribution in [2.24, 2.45) is 17.8 Å². The van der Waals surface area contributed by atoms with Crippen LogP contribution in [0.3, 0.4) is 0 Å². The van der Waals surface area contributed by atoms with E-state index in [1.807, 2.05) is 47.7 Å². The first-order valence-corrected chi connectivity index (χ1v) is 20.6. The number of nitrogens with one attached hydrogen (secondary N) is 3. The van der Waals surface area contributed by atoms with Gasteiger partial charge < -0.3 is 25.0 Å². The van der Waals surface area contributed by atoms with Crippen molar-refractivity contribution in [3.8, 4) is 5.88 Å². The lowest BCUT2D eigenvalue weighted by atomic mass is 9.88. The molecule has 4 amide bonds. The first-order valence-electron chi connectivity index (χ1n) is 19.1. The second-order valence-corrected chi connectivity index (χ2v) is 19.3. The van der Waals surface area contributed by atoms with E-state index >= 15 is 0 Å². The maximum absolute atomic E-state index is 14.8. The van der Waals surface area contributed by atoms with E-state index in [0.717, 1.165) is 11.9 Å². The number of sulfonamides is 1. The lowest BCUT2D eigenvalue weighted by Crippen LogP contribution is -2.59. The van der Waals surface area contributed by atoms with Gasteiger partial charge in [0.25, 0.3) is 5.91 Å². The molecule has 0 spiro atoms. The fourth-order valence-corrected chi connectivity index (χ4v) is 9.17. The van der Waals surface area contributed by atoms with Crippen molar-refractivity contribution in [2.75, 3.05) is 6.54 Å². The van der Waals surface area contributed by atoms with Crippen LogP contribution in [0.4, 0.5) is 4.79 Å². The molecule has 3 N–H and O–H groups in total. The van der Waals surface area contributed by atoms with Crippen molar-refractivity contribution in [2.45, 2.75) is 121 Å². The number of rotatable bonds is 6. The average Bonchev–Trinajstić information content (AvgIpc) is 3.89. The van der Waals surface area contributed by atoms with Gasteiger partial charge in [0.05, 0.1) is 22.2 Å². The summed E-state index contributed by atoms with van der Waals surface area (Å²) in [6.07, 6.45) is 8.93. The molecule has 296 valence electrons. The molecule has 1 aromatic carbocycles. The standard InChI is InChI=1S/C39H51N7O8S/c1-23-11-7-8-12-25-21-39(25,34(49)44-55(51,52)38(6)15-16-38)43-31(47)29-20-26(53-32-27-13-9-10-14-28(27)45-18-17-40-35(45)42-32)22-46(29)33(48)30(24(2)19-23)41-36(50)54-37(3,4)5/h8-10,12-14,17-18,23-26,29-30H,7,11,15-16,19-22H2,1-6H3,(H,41,50)(H,43,47)(H,44,49)/b12-8-/t23-,24-,25?,26-,29+,30+,39-/m1/s1. The number of imidazole rings is 1. The third-order valence-electron chi connectivity index (χ3n) is 11.4. The minimum Gasteiger partial charge on any atom is -0.472 e. The van der Waals surface area contributed by atoms with Crippen molar-refractivity contribution in [1.29, 1.82) is 0 Å². The number of carbonyl (C=O) groups excluding carboxylic acids is 4. The van der Waals surface area contributed by atoms with Gasteiger partial charge in [-0.05, 0) is 90.2 Å². The lowest BCUT2D eigenvalue weighted by Gasteiger charge is -2.33. The number of para-hydroxylation sites is 1. The van der Waals surface area contributed by atoms with Crippen molar-refractivity contribution in [3.05, 3.63) is 48.8 Å². The zero-order chi connectivity index (χ0) is 39.5. The fraction of sp³-hybridized carbons (Fsp3) is 0.590. The van der Waals surface area contributed by atoms with Gasteiger partial charge in [-0.25, -0.2) is 18.2 Å². The number of carbonyl (C=O) groups is 4. The summed E-state index contributed by atoms with van der Waals surface area (Å²) in [7, 11) is -4.00. The van der Waals surface area contributed by atoms with Gasteiger partial charge >= 0.3 is 6.09 Å². The van der Waals surface area contributed by atoms with Gasteiger partial charge in [0, 0.05) is 24.7 Å². The molecule has 2 aromatic heterocycles. The van der Waals surface area contributed by atoms with E-state index in [4.69, 9.17) is 9.47 Å². The number of alkyl carbamates (subject to hydrolysis) is 1. The van der Waals surface area contributed by atoms with Gasteiger partial charge in [0.15, 0.2) is 0 Å². The van der Waals surface area contributed by atoms with Crippen LogP contribution >= 0.6 is 0 Å². The minimum atomic E-state index is -4.00. The molecular formula is C39H51N7O8S. The van der Waals surface area contributed by atoms with Crippen LogP contribution in [0.15, 0.2) is 48.8 Å². The van der Waals surface area contributed by atoms with Crippen LogP contribution in [0.25, 0.3) is 16.7 Å². The molecule has 7 rings (SSSR count). The quantitative estimate of drug-likeness (QED) is 0.309. The van der Waals surface area contributed by atoms with Crippen molar-refractivity contribution < 1.29 is 37.1 Å². The number of benzene rings is 1. The number of aromatic nitrogens is 3. The third-order valence-corrected chi connectivity index (χ3v) is 13.6. The predicted octanol–water partition coefficient (Wildman–Crippen LogP) is 4.01. The molecule has 0 radical (unpaired) electrons. The third kappa shape index (κ3) is 7.74. The van der Waals surface area contributed by atoms with E-state index < -0.39 is 73.8 Å². The summed E-state index contributed by atoms with van der Waals surface area (Å²) in [5.74, 6) is -1.88. The van der Waals surface area contributed by atoms with Crippen LogP contribution in [0.5, 0.6) is 5.88 Å². The Morgan fingerprint density at radius 2 is 1.84 bits per heavy atom. The molecule has 2 saturated carbocycles. The Balaban J connectivity index is 1.24. The SMILES string of the molecule is C[C@@H]1CC/C=C\C2C[C@@]2(C(=O)NS(=O)(=O)C2(C)CC2)NC(=O)[C@@H]2C[C@@H](Oc3nc4nccn4c4ccccc34)CN2C(=O)[C@@H](NC(=O)OC(C)(C)C)[C@H](C)C1. The Labute approximate surface area is 321 Å². The second kappa shape index (κ2) is 14.1. The average molecular weight is 778 g/mol. The number of amides is 4. The Morgan fingerprint density at radius 3 is 2.56 bits per heavy atom. The molecule has 2 aliphatic carbocycles. The molecule has 1 unspecified atom stereocenters.